The normalized spacial score (nSPS) is 17.4. The van der Waals surface area contributed by atoms with Gasteiger partial charge in [0.25, 0.3) is 5.91 Å². The van der Waals surface area contributed by atoms with E-state index in [1.807, 2.05) is 0 Å². The van der Waals surface area contributed by atoms with Crippen LogP contribution in [0.3, 0.4) is 0 Å². The number of nitrogens with zero attached hydrogens (tertiary/aromatic N) is 2. The first kappa shape index (κ1) is 16.9. The molecule has 0 saturated heterocycles. The number of amides is 1. The third kappa shape index (κ3) is 3.93. The summed E-state index contributed by atoms with van der Waals surface area (Å²) in [6.07, 6.45) is 9.45. The van der Waals surface area contributed by atoms with E-state index in [1.54, 1.807) is 24.5 Å². The van der Waals surface area contributed by atoms with Crippen molar-refractivity contribution in [2.24, 2.45) is 0 Å². The Balaban J connectivity index is 0.00000200. The monoisotopic (exact) mass is 297 g/mol. The number of carbonyl (C=O) groups is 1. The summed E-state index contributed by atoms with van der Waals surface area (Å²) >= 11 is 0. The molecule has 1 N–H and O–H groups in total. The van der Waals surface area contributed by atoms with Crippen LogP contribution in [0, 0.1) is 0 Å². The van der Waals surface area contributed by atoms with E-state index in [1.165, 1.54) is 19.3 Å². The van der Waals surface area contributed by atoms with Gasteiger partial charge in [-0.1, -0.05) is 19.3 Å². The maximum Gasteiger partial charge on any atom is 0.251 e. The molecule has 1 fully saturated rings. The minimum atomic E-state index is -0.00537. The first-order valence-electron chi connectivity index (χ1n) is 7.00. The van der Waals surface area contributed by atoms with Crippen molar-refractivity contribution in [2.75, 3.05) is 20.6 Å². The van der Waals surface area contributed by atoms with E-state index in [4.69, 9.17) is 0 Å². The third-order valence-corrected chi connectivity index (χ3v) is 4.25. The van der Waals surface area contributed by atoms with Gasteiger partial charge in [0.15, 0.2) is 0 Å². The van der Waals surface area contributed by atoms with Gasteiger partial charge in [0.2, 0.25) is 0 Å². The molecule has 1 aromatic heterocycles. The minimum Gasteiger partial charge on any atom is -0.350 e. The van der Waals surface area contributed by atoms with E-state index in [0.29, 0.717) is 5.56 Å². The molecule has 1 aliphatic carbocycles. The predicted octanol–water partition coefficient (Wildman–Crippen LogP) is 2.50. The van der Waals surface area contributed by atoms with Crippen molar-refractivity contribution in [3.05, 3.63) is 30.1 Å². The van der Waals surface area contributed by atoms with E-state index >= 15 is 0 Å². The number of pyridine rings is 1. The summed E-state index contributed by atoms with van der Waals surface area (Å²) in [5, 5.41) is 3.08. The molecule has 0 aliphatic heterocycles. The number of aromatic nitrogens is 1. The van der Waals surface area contributed by atoms with Crippen molar-refractivity contribution in [2.45, 2.75) is 37.6 Å². The lowest BCUT2D eigenvalue weighted by Crippen LogP contribution is -2.53. The van der Waals surface area contributed by atoms with Crippen LogP contribution in [0.4, 0.5) is 0 Å². The van der Waals surface area contributed by atoms with Gasteiger partial charge in [-0.3, -0.25) is 9.78 Å². The standard InChI is InChI=1S/C15H23N3O.ClH/c1-18(2)15(8-4-3-5-9-15)12-17-14(19)13-6-10-16-11-7-13;/h6-7,10-11H,3-5,8-9,12H2,1-2H3,(H,17,19);1H. The molecule has 0 atom stereocenters. The summed E-state index contributed by atoms with van der Waals surface area (Å²) in [6, 6.07) is 3.50. The summed E-state index contributed by atoms with van der Waals surface area (Å²) in [7, 11) is 4.23. The van der Waals surface area contributed by atoms with Crippen molar-refractivity contribution in [3.63, 3.8) is 0 Å². The van der Waals surface area contributed by atoms with Gasteiger partial charge < -0.3 is 10.2 Å². The van der Waals surface area contributed by atoms with E-state index in [-0.39, 0.29) is 23.9 Å². The molecule has 4 nitrogen and oxygen atoms in total. The molecular formula is C15H24ClN3O. The molecule has 0 unspecified atom stereocenters. The highest BCUT2D eigenvalue weighted by molar-refractivity contribution is 5.94. The van der Waals surface area contributed by atoms with Crippen molar-refractivity contribution in [1.29, 1.82) is 0 Å². The second-order valence-electron chi connectivity index (χ2n) is 5.60. The van der Waals surface area contributed by atoms with Crippen molar-refractivity contribution in [1.82, 2.24) is 15.2 Å². The van der Waals surface area contributed by atoms with Crippen LogP contribution in [0.25, 0.3) is 0 Å². The lowest BCUT2D eigenvalue weighted by Gasteiger charge is -2.43. The molecule has 5 heteroatoms. The lowest BCUT2D eigenvalue weighted by molar-refractivity contribution is 0.0799. The fourth-order valence-corrected chi connectivity index (χ4v) is 2.84. The van der Waals surface area contributed by atoms with Crippen LogP contribution < -0.4 is 5.32 Å². The molecule has 0 radical (unpaired) electrons. The molecule has 112 valence electrons. The molecular weight excluding hydrogens is 274 g/mol. The topological polar surface area (TPSA) is 45.2 Å². The zero-order valence-electron chi connectivity index (χ0n) is 12.3. The largest absolute Gasteiger partial charge is 0.350 e. The highest BCUT2D eigenvalue weighted by Gasteiger charge is 2.34. The van der Waals surface area contributed by atoms with Crippen LogP contribution in [0.15, 0.2) is 24.5 Å². The zero-order valence-corrected chi connectivity index (χ0v) is 13.1. The first-order chi connectivity index (χ1) is 9.14. The summed E-state index contributed by atoms with van der Waals surface area (Å²) in [5.74, 6) is -0.00537. The summed E-state index contributed by atoms with van der Waals surface area (Å²) in [5.41, 5.74) is 0.806. The number of halogens is 1. The van der Waals surface area contributed by atoms with Gasteiger partial charge in [-0.05, 0) is 39.1 Å². The number of likely N-dealkylation sites (N-methyl/N-ethyl adjacent to an activating group) is 1. The van der Waals surface area contributed by atoms with Crippen LogP contribution in [0.5, 0.6) is 0 Å². The number of nitrogens with one attached hydrogen (secondary N) is 1. The Bertz CT molecular complexity index is 416. The van der Waals surface area contributed by atoms with Gasteiger partial charge in [0, 0.05) is 30.0 Å². The summed E-state index contributed by atoms with van der Waals surface area (Å²) in [4.78, 5) is 18.3. The van der Waals surface area contributed by atoms with E-state index in [0.717, 1.165) is 19.4 Å². The Morgan fingerprint density at radius 1 is 1.25 bits per heavy atom. The Morgan fingerprint density at radius 3 is 2.40 bits per heavy atom. The maximum atomic E-state index is 12.1. The molecule has 1 aromatic rings. The van der Waals surface area contributed by atoms with E-state index < -0.39 is 0 Å². The molecule has 1 aliphatic rings. The fraction of sp³-hybridized carbons (Fsp3) is 0.600. The molecule has 0 bridgehead atoms. The Hall–Kier alpha value is -1.13. The highest BCUT2D eigenvalue weighted by atomic mass is 35.5. The first-order valence-corrected chi connectivity index (χ1v) is 7.00. The Labute approximate surface area is 127 Å². The minimum absolute atomic E-state index is 0. The summed E-state index contributed by atoms with van der Waals surface area (Å²) in [6.45, 7) is 0.723. The van der Waals surface area contributed by atoms with Crippen LogP contribution >= 0.6 is 12.4 Å². The molecule has 20 heavy (non-hydrogen) atoms. The van der Waals surface area contributed by atoms with Crippen molar-refractivity contribution >= 4 is 18.3 Å². The van der Waals surface area contributed by atoms with Gasteiger partial charge in [-0.2, -0.15) is 0 Å². The zero-order chi connectivity index (χ0) is 13.7. The number of rotatable bonds is 4. The maximum absolute atomic E-state index is 12.1. The molecule has 1 amide bonds. The van der Waals surface area contributed by atoms with Gasteiger partial charge in [0.1, 0.15) is 0 Å². The van der Waals surface area contributed by atoms with Gasteiger partial charge in [-0.25, -0.2) is 0 Å². The van der Waals surface area contributed by atoms with Crippen LogP contribution in [0.2, 0.25) is 0 Å². The SMILES string of the molecule is CN(C)C1(CNC(=O)c2ccncc2)CCCCC1.Cl. The highest BCUT2D eigenvalue weighted by Crippen LogP contribution is 2.31. The predicted molar refractivity (Wildman–Crippen MR) is 83.3 cm³/mol. The smallest absolute Gasteiger partial charge is 0.251 e. The third-order valence-electron chi connectivity index (χ3n) is 4.25. The second-order valence-corrected chi connectivity index (χ2v) is 5.60. The number of hydrogen-bond acceptors (Lipinski definition) is 3. The number of hydrogen-bond donors (Lipinski definition) is 1. The van der Waals surface area contributed by atoms with Crippen molar-refractivity contribution in [3.8, 4) is 0 Å². The second kappa shape index (κ2) is 7.60. The van der Waals surface area contributed by atoms with E-state index in [9.17, 15) is 4.79 Å². The number of carbonyl (C=O) groups excluding carboxylic acids is 1. The van der Waals surface area contributed by atoms with Gasteiger partial charge in [-0.15, -0.1) is 12.4 Å². The van der Waals surface area contributed by atoms with E-state index in [2.05, 4.69) is 29.3 Å². The Kier molecular flexibility index (Phi) is 6.43. The van der Waals surface area contributed by atoms with Crippen LogP contribution in [0.1, 0.15) is 42.5 Å². The fourth-order valence-electron chi connectivity index (χ4n) is 2.84. The molecule has 0 spiro atoms. The van der Waals surface area contributed by atoms with Gasteiger partial charge in [0.05, 0.1) is 0 Å². The molecule has 0 aromatic carbocycles. The van der Waals surface area contributed by atoms with Crippen molar-refractivity contribution < 1.29 is 4.79 Å². The quantitative estimate of drug-likeness (QED) is 0.929. The summed E-state index contributed by atoms with van der Waals surface area (Å²) < 4.78 is 0. The van der Waals surface area contributed by atoms with Crippen LogP contribution in [-0.2, 0) is 0 Å². The lowest BCUT2D eigenvalue weighted by atomic mass is 9.80. The Morgan fingerprint density at radius 2 is 1.85 bits per heavy atom. The van der Waals surface area contributed by atoms with Crippen LogP contribution in [-0.4, -0.2) is 42.0 Å². The average molecular weight is 298 g/mol. The molecule has 1 saturated carbocycles. The molecule has 1 heterocycles. The molecule has 2 rings (SSSR count). The van der Waals surface area contributed by atoms with Gasteiger partial charge >= 0.3 is 0 Å². The average Bonchev–Trinajstić information content (AvgIpc) is 2.46.